The van der Waals surface area contributed by atoms with Gasteiger partial charge in [0.25, 0.3) is 0 Å². The molecular weight excluding hydrogens is 240 g/mol. The predicted octanol–water partition coefficient (Wildman–Crippen LogP) is 0.563. The van der Waals surface area contributed by atoms with Crippen LogP contribution in [0, 0.1) is 5.92 Å². The van der Waals surface area contributed by atoms with E-state index >= 15 is 0 Å². The normalized spacial score (nSPS) is 32.7. The molecule has 1 aliphatic heterocycles. The quantitative estimate of drug-likeness (QED) is 0.861. The maximum Gasteiger partial charge on any atom is 0.188 e. The zero-order valence-corrected chi connectivity index (χ0v) is 12.1. The molecule has 1 N–H and O–H groups in total. The lowest BCUT2D eigenvalue weighted by Gasteiger charge is -2.48. The fourth-order valence-electron chi connectivity index (χ4n) is 3.19. The lowest BCUT2D eigenvalue weighted by molar-refractivity contribution is 0.0249. The van der Waals surface area contributed by atoms with Gasteiger partial charge in [0.05, 0.1) is 13.6 Å². The molecule has 2 heterocycles. The standard InChI is InChI=1S/C13H24N6/c1-4-11-7-19(8-12-15-17-18(3)16-12)13(2,9-14-11)10-5-6-10/h10-11,14H,4-9H2,1-3H3. The Labute approximate surface area is 114 Å². The van der Waals surface area contributed by atoms with Crippen LogP contribution in [-0.2, 0) is 13.6 Å². The van der Waals surface area contributed by atoms with Crippen LogP contribution in [-0.4, -0.2) is 49.8 Å². The molecule has 6 nitrogen and oxygen atoms in total. The number of hydrogen-bond donors (Lipinski definition) is 1. The highest BCUT2D eigenvalue weighted by molar-refractivity contribution is 5.05. The second-order valence-corrected chi connectivity index (χ2v) is 6.19. The van der Waals surface area contributed by atoms with E-state index in [1.807, 2.05) is 7.05 Å². The largest absolute Gasteiger partial charge is 0.311 e. The van der Waals surface area contributed by atoms with E-state index in [0.29, 0.717) is 6.04 Å². The van der Waals surface area contributed by atoms with Crippen molar-refractivity contribution in [3.8, 4) is 0 Å². The first kappa shape index (κ1) is 13.0. The summed E-state index contributed by atoms with van der Waals surface area (Å²) in [6, 6.07) is 0.587. The number of piperazine rings is 1. The lowest BCUT2D eigenvalue weighted by atomic mass is 9.89. The van der Waals surface area contributed by atoms with Crippen molar-refractivity contribution in [2.75, 3.05) is 13.1 Å². The summed E-state index contributed by atoms with van der Waals surface area (Å²) in [5, 5.41) is 16.1. The second kappa shape index (κ2) is 4.83. The maximum absolute atomic E-state index is 4.33. The third-order valence-electron chi connectivity index (χ3n) is 4.74. The van der Waals surface area contributed by atoms with Crippen molar-refractivity contribution in [3.63, 3.8) is 0 Å². The molecule has 3 rings (SSSR count). The molecule has 1 saturated heterocycles. The molecule has 0 bridgehead atoms. The van der Waals surface area contributed by atoms with Crippen LogP contribution in [0.2, 0.25) is 0 Å². The molecule has 1 aromatic rings. The summed E-state index contributed by atoms with van der Waals surface area (Å²) >= 11 is 0. The van der Waals surface area contributed by atoms with E-state index < -0.39 is 0 Å². The van der Waals surface area contributed by atoms with Crippen molar-refractivity contribution in [3.05, 3.63) is 5.82 Å². The molecule has 0 amide bonds. The molecule has 1 aliphatic carbocycles. The molecule has 0 aromatic carbocycles. The first-order valence-electron chi connectivity index (χ1n) is 7.33. The van der Waals surface area contributed by atoms with E-state index in [-0.39, 0.29) is 5.54 Å². The Balaban J connectivity index is 1.76. The Bertz CT molecular complexity index is 440. The molecule has 106 valence electrons. The van der Waals surface area contributed by atoms with Crippen molar-refractivity contribution < 1.29 is 0 Å². The fraction of sp³-hybridized carbons (Fsp3) is 0.923. The van der Waals surface area contributed by atoms with Gasteiger partial charge in [-0.1, -0.05) is 6.92 Å². The molecule has 2 atom stereocenters. The van der Waals surface area contributed by atoms with Crippen molar-refractivity contribution in [2.24, 2.45) is 13.0 Å². The third kappa shape index (κ3) is 2.51. The second-order valence-electron chi connectivity index (χ2n) is 6.19. The average molecular weight is 264 g/mol. The van der Waals surface area contributed by atoms with Gasteiger partial charge in [0.1, 0.15) is 0 Å². The van der Waals surface area contributed by atoms with Gasteiger partial charge in [-0.3, -0.25) is 4.90 Å². The van der Waals surface area contributed by atoms with Gasteiger partial charge in [0.2, 0.25) is 0 Å². The number of aryl methyl sites for hydroxylation is 1. The first-order chi connectivity index (χ1) is 9.11. The van der Waals surface area contributed by atoms with E-state index in [1.54, 1.807) is 4.80 Å². The van der Waals surface area contributed by atoms with Gasteiger partial charge >= 0.3 is 0 Å². The van der Waals surface area contributed by atoms with Crippen molar-refractivity contribution in [1.29, 1.82) is 0 Å². The minimum atomic E-state index is 0.255. The number of nitrogens with one attached hydrogen (secondary N) is 1. The van der Waals surface area contributed by atoms with Gasteiger partial charge in [0.15, 0.2) is 5.82 Å². The SMILES string of the molecule is CCC1CN(Cc2nnn(C)n2)C(C)(C2CC2)CN1. The summed E-state index contributed by atoms with van der Waals surface area (Å²) in [5.74, 6) is 1.67. The molecule has 1 aromatic heterocycles. The van der Waals surface area contributed by atoms with Crippen LogP contribution < -0.4 is 5.32 Å². The lowest BCUT2D eigenvalue weighted by Crippen LogP contribution is -2.63. The van der Waals surface area contributed by atoms with Crippen LogP contribution in [0.5, 0.6) is 0 Å². The Hall–Kier alpha value is -1.01. The Morgan fingerprint density at radius 1 is 1.42 bits per heavy atom. The number of rotatable bonds is 4. The van der Waals surface area contributed by atoms with Gasteiger partial charge in [-0.2, -0.15) is 4.80 Å². The molecule has 0 radical (unpaired) electrons. The number of aromatic nitrogens is 4. The molecule has 1 saturated carbocycles. The van der Waals surface area contributed by atoms with Crippen molar-refractivity contribution in [2.45, 2.75) is 51.2 Å². The summed E-state index contributed by atoms with van der Waals surface area (Å²) in [6.45, 7) is 7.62. The molecule has 6 heteroatoms. The summed E-state index contributed by atoms with van der Waals surface area (Å²) in [5.41, 5.74) is 0.255. The van der Waals surface area contributed by atoms with Gasteiger partial charge in [-0.15, -0.1) is 10.2 Å². The highest BCUT2D eigenvalue weighted by Crippen LogP contribution is 2.44. The zero-order valence-electron chi connectivity index (χ0n) is 12.1. The topological polar surface area (TPSA) is 58.9 Å². The van der Waals surface area contributed by atoms with Crippen LogP contribution in [0.15, 0.2) is 0 Å². The summed E-state index contributed by atoms with van der Waals surface area (Å²) in [7, 11) is 1.82. The minimum Gasteiger partial charge on any atom is -0.311 e. The predicted molar refractivity (Wildman–Crippen MR) is 72.4 cm³/mol. The maximum atomic E-state index is 4.33. The van der Waals surface area contributed by atoms with E-state index in [0.717, 1.165) is 31.4 Å². The van der Waals surface area contributed by atoms with Gasteiger partial charge in [-0.05, 0) is 37.3 Å². The Kier molecular flexibility index (Phi) is 3.30. The smallest absolute Gasteiger partial charge is 0.188 e. The van der Waals surface area contributed by atoms with Gasteiger partial charge in [0, 0.05) is 24.7 Å². The van der Waals surface area contributed by atoms with E-state index in [9.17, 15) is 0 Å². The van der Waals surface area contributed by atoms with Crippen LogP contribution in [0.1, 0.15) is 38.9 Å². The van der Waals surface area contributed by atoms with Crippen LogP contribution >= 0.6 is 0 Å². The summed E-state index contributed by atoms with van der Waals surface area (Å²) in [6.07, 6.45) is 3.89. The van der Waals surface area contributed by atoms with E-state index in [4.69, 9.17) is 0 Å². The zero-order chi connectivity index (χ0) is 13.5. The minimum absolute atomic E-state index is 0.255. The number of nitrogens with zero attached hydrogens (tertiary/aromatic N) is 5. The van der Waals surface area contributed by atoms with Crippen molar-refractivity contribution in [1.82, 2.24) is 30.4 Å². The molecule has 19 heavy (non-hydrogen) atoms. The highest BCUT2D eigenvalue weighted by atomic mass is 15.6. The van der Waals surface area contributed by atoms with Crippen LogP contribution in [0.4, 0.5) is 0 Å². The molecule has 0 spiro atoms. The van der Waals surface area contributed by atoms with E-state index in [2.05, 4.69) is 39.5 Å². The monoisotopic (exact) mass is 264 g/mol. The molecule has 2 aliphatic rings. The molecular formula is C13H24N6. The van der Waals surface area contributed by atoms with E-state index in [1.165, 1.54) is 19.3 Å². The molecule has 2 fully saturated rings. The number of hydrogen-bond acceptors (Lipinski definition) is 5. The Morgan fingerprint density at radius 3 is 2.79 bits per heavy atom. The van der Waals surface area contributed by atoms with Crippen LogP contribution in [0.25, 0.3) is 0 Å². The highest BCUT2D eigenvalue weighted by Gasteiger charge is 2.48. The fourth-order valence-corrected chi connectivity index (χ4v) is 3.19. The third-order valence-corrected chi connectivity index (χ3v) is 4.74. The first-order valence-corrected chi connectivity index (χ1v) is 7.33. The summed E-state index contributed by atoms with van der Waals surface area (Å²) < 4.78 is 0. The van der Waals surface area contributed by atoms with Crippen molar-refractivity contribution >= 4 is 0 Å². The van der Waals surface area contributed by atoms with Crippen LogP contribution in [0.3, 0.4) is 0 Å². The number of tetrazole rings is 1. The van der Waals surface area contributed by atoms with Gasteiger partial charge in [-0.25, -0.2) is 0 Å². The molecule has 2 unspecified atom stereocenters. The van der Waals surface area contributed by atoms with Gasteiger partial charge < -0.3 is 5.32 Å². The Morgan fingerprint density at radius 2 is 2.21 bits per heavy atom. The average Bonchev–Trinajstić information content (AvgIpc) is 3.17. The summed E-state index contributed by atoms with van der Waals surface area (Å²) in [4.78, 5) is 4.12.